The van der Waals surface area contributed by atoms with Crippen molar-refractivity contribution < 1.29 is 9.53 Å². The zero-order chi connectivity index (χ0) is 17.4. The summed E-state index contributed by atoms with van der Waals surface area (Å²) in [6.45, 7) is 1.60. The van der Waals surface area contributed by atoms with Crippen LogP contribution in [0.3, 0.4) is 0 Å². The van der Waals surface area contributed by atoms with Crippen LogP contribution in [0.2, 0.25) is 0 Å². The number of nitrogens with zero attached hydrogens (tertiary/aromatic N) is 2. The lowest BCUT2D eigenvalue weighted by Gasteiger charge is -2.10. The van der Waals surface area contributed by atoms with Crippen LogP contribution in [0.15, 0.2) is 42.6 Å². The van der Waals surface area contributed by atoms with Crippen LogP contribution in [0.4, 0.5) is 11.5 Å². The van der Waals surface area contributed by atoms with E-state index in [0.29, 0.717) is 17.9 Å². The Balaban J connectivity index is 1.86. The molecule has 0 radical (unpaired) electrons. The number of aromatic nitrogens is 1. The van der Waals surface area contributed by atoms with E-state index in [1.54, 1.807) is 25.4 Å². The molecular weight excluding hydrogens is 304 g/mol. The molecule has 2 N–H and O–H groups in total. The summed E-state index contributed by atoms with van der Waals surface area (Å²) >= 11 is 0. The zero-order valence-corrected chi connectivity index (χ0v) is 14.4. The average molecular weight is 328 g/mol. The lowest BCUT2D eigenvalue weighted by atomic mass is 10.2. The number of hydrogen-bond acceptors (Lipinski definition) is 5. The maximum absolute atomic E-state index is 12.0. The standard InChI is InChI=1S/C18H24N4O2/c1-22(2)12-4-11-19-18(23)14-5-10-17(20-13-14)21-15-6-8-16(24-3)9-7-15/h5-10,13H,4,11-12H2,1-3H3,(H,19,23)(H,20,21). The van der Waals surface area contributed by atoms with E-state index in [1.807, 2.05) is 38.4 Å². The highest BCUT2D eigenvalue weighted by Gasteiger charge is 2.06. The van der Waals surface area contributed by atoms with Crippen molar-refractivity contribution in [2.24, 2.45) is 0 Å². The Morgan fingerprint density at radius 3 is 2.50 bits per heavy atom. The average Bonchev–Trinajstić information content (AvgIpc) is 2.59. The van der Waals surface area contributed by atoms with E-state index < -0.39 is 0 Å². The predicted molar refractivity (Wildman–Crippen MR) is 96.0 cm³/mol. The van der Waals surface area contributed by atoms with Gasteiger partial charge in [-0.3, -0.25) is 4.79 Å². The summed E-state index contributed by atoms with van der Waals surface area (Å²) in [4.78, 5) is 18.4. The van der Waals surface area contributed by atoms with Gasteiger partial charge in [0.15, 0.2) is 0 Å². The number of hydrogen-bond donors (Lipinski definition) is 2. The first-order valence-corrected chi connectivity index (χ1v) is 7.88. The van der Waals surface area contributed by atoms with Crippen molar-refractivity contribution >= 4 is 17.4 Å². The minimum absolute atomic E-state index is 0.0998. The minimum Gasteiger partial charge on any atom is -0.497 e. The van der Waals surface area contributed by atoms with Crippen molar-refractivity contribution in [3.05, 3.63) is 48.2 Å². The number of methoxy groups -OCH3 is 1. The molecule has 0 unspecified atom stereocenters. The first-order valence-electron chi connectivity index (χ1n) is 7.88. The molecule has 0 fully saturated rings. The highest BCUT2D eigenvalue weighted by molar-refractivity contribution is 5.94. The Kier molecular flexibility index (Phi) is 6.57. The van der Waals surface area contributed by atoms with Crippen molar-refractivity contribution in [1.29, 1.82) is 0 Å². The Bertz CT molecular complexity index is 639. The third-order valence-corrected chi connectivity index (χ3v) is 3.46. The lowest BCUT2D eigenvalue weighted by Crippen LogP contribution is -2.27. The Labute approximate surface area is 142 Å². The molecule has 128 valence electrons. The maximum Gasteiger partial charge on any atom is 0.252 e. The number of amides is 1. The lowest BCUT2D eigenvalue weighted by molar-refractivity contribution is 0.0952. The van der Waals surface area contributed by atoms with Crippen LogP contribution in [0, 0.1) is 0 Å². The first-order chi connectivity index (χ1) is 11.6. The number of carbonyl (C=O) groups excluding carboxylic acids is 1. The molecule has 1 aromatic heterocycles. The van der Waals surface area contributed by atoms with E-state index in [-0.39, 0.29) is 5.91 Å². The molecule has 6 heteroatoms. The summed E-state index contributed by atoms with van der Waals surface area (Å²) < 4.78 is 5.12. The van der Waals surface area contributed by atoms with Crippen LogP contribution < -0.4 is 15.4 Å². The molecule has 2 rings (SSSR count). The van der Waals surface area contributed by atoms with Gasteiger partial charge in [-0.15, -0.1) is 0 Å². The van der Waals surface area contributed by atoms with Crippen LogP contribution in [-0.2, 0) is 0 Å². The number of rotatable bonds is 8. The molecule has 0 aliphatic rings. The second-order valence-corrected chi connectivity index (χ2v) is 5.70. The minimum atomic E-state index is -0.0998. The summed E-state index contributed by atoms with van der Waals surface area (Å²) in [5.74, 6) is 1.39. The molecule has 0 aliphatic carbocycles. The second-order valence-electron chi connectivity index (χ2n) is 5.70. The van der Waals surface area contributed by atoms with E-state index in [4.69, 9.17) is 4.74 Å². The zero-order valence-electron chi connectivity index (χ0n) is 14.4. The van der Waals surface area contributed by atoms with Gasteiger partial charge in [-0.1, -0.05) is 0 Å². The molecule has 0 saturated heterocycles. The van der Waals surface area contributed by atoms with Crippen molar-refractivity contribution in [3.63, 3.8) is 0 Å². The SMILES string of the molecule is COc1ccc(Nc2ccc(C(=O)NCCCN(C)C)cn2)cc1. The first kappa shape index (κ1) is 17.7. The highest BCUT2D eigenvalue weighted by Crippen LogP contribution is 2.18. The molecule has 24 heavy (non-hydrogen) atoms. The predicted octanol–water partition coefficient (Wildman–Crippen LogP) is 2.52. The normalized spacial score (nSPS) is 10.5. The van der Waals surface area contributed by atoms with Crippen LogP contribution in [0.1, 0.15) is 16.8 Å². The molecule has 0 bridgehead atoms. The molecule has 0 aliphatic heterocycles. The molecular formula is C18H24N4O2. The fourth-order valence-electron chi connectivity index (χ4n) is 2.12. The van der Waals surface area contributed by atoms with Gasteiger partial charge in [0, 0.05) is 18.4 Å². The van der Waals surface area contributed by atoms with E-state index in [0.717, 1.165) is 24.4 Å². The molecule has 6 nitrogen and oxygen atoms in total. The number of ether oxygens (including phenoxy) is 1. The van der Waals surface area contributed by atoms with Crippen LogP contribution >= 0.6 is 0 Å². The Morgan fingerprint density at radius 2 is 1.92 bits per heavy atom. The van der Waals surface area contributed by atoms with Crippen molar-refractivity contribution in [3.8, 4) is 5.75 Å². The quantitative estimate of drug-likeness (QED) is 0.729. The monoisotopic (exact) mass is 328 g/mol. The van der Waals surface area contributed by atoms with Gasteiger partial charge in [-0.05, 0) is 63.5 Å². The number of anilines is 2. The van der Waals surface area contributed by atoms with E-state index >= 15 is 0 Å². The van der Waals surface area contributed by atoms with Gasteiger partial charge < -0.3 is 20.3 Å². The topological polar surface area (TPSA) is 66.5 Å². The van der Waals surface area contributed by atoms with E-state index in [1.165, 1.54) is 0 Å². The van der Waals surface area contributed by atoms with Crippen LogP contribution in [0.5, 0.6) is 5.75 Å². The maximum atomic E-state index is 12.0. The molecule has 2 aromatic rings. The van der Waals surface area contributed by atoms with Gasteiger partial charge >= 0.3 is 0 Å². The van der Waals surface area contributed by atoms with Crippen LogP contribution in [0.25, 0.3) is 0 Å². The highest BCUT2D eigenvalue weighted by atomic mass is 16.5. The van der Waals surface area contributed by atoms with Crippen molar-refractivity contribution in [1.82, 2.24) is 15.2 Å². The number of nitrogens with one attached hydrogen (secondary N) is 2. The molecule has 1 amide bonds. The second kappa shape index (κ2) is 8.88. The third-order valence-electron chi connectivity index (χ3n) is 3.46. The fraction of sp³-hybridized carbons (Fsp3) is 0.333. The largest absolute Gasteiger partial charge is 0.497 e. The smallest absolute Gasteiger partial charge is 0.252 e. The molecule has 0 saturated carbocycles. The van der Waals surface area contributed by atoms with Crippen LogP contribution in [-0.4, -0.2) is 50.1 Å². The number of benzene rings is 1. The van der Waals surface area contributed by atoms with E-state index in [9.17, 15) is 4.79 Å². The van der Waals surface area contributed by atoms with Crippen molar-refractivity contribution in [2.75, 3.05) is 39.6 Å². The number of pyridine rings is 1. The Hall–Kier alpha value is -2.60. The molecule has 1 aromatic carbocycles. The summed E-state index contributed by atoms with van der Waals surface area (Å²) in [6.07, 6.45) is 2.50. The van der Waals surface area contributed by atoms with E-state index in [2.05, 4.69) is 20.5 Å². The van der Waals surface area contributed by atoms with Gasteiger partial charge in [0.2, 0.25) is 0 Å². The fourth-order valence-corrected chi connectivity index (χ4v) is 2.12. The third kappa shape index (κ3) is 5.55. The summed E-state index contributed by atoms with van der Waals surface area (Å²) in [5.41, 5.74) is 1.46. The van der Waals surface area contributed by atoms with Gasteiger partial charge in [-0.25, -0.2) is 4.98 Å². The van der Waals surface area contributed by atoms with Gasteiger partial charge in [0.25, 0.3) is 5.91 Å². The summed E-state index contributed by atoms with van der Waals surface area (Å²) in [6, 6.07) is 11.1. The Morgan fingerprint density at radius 1 is 1.17 bits per heavy atom. The summed E-state index contributed by atoms with van der Waals surface area (Å²) in [7, 11) is 5.66. The summed E-state index contributed by atoms with van der Waals surface area (Å²) in [5, 5.41) is 6.08. The van der Waals surface area contributed by atoms with Gasteiger partial charge in [0.05, 0.1) is 12.7 Å². The number of carbonyl (C=O) groups is 1. The van der Waals surface area contributed by atoms with Gasteiger partial charge in [-0.2, -0.15) is 0 Å². The molecule has 1 heterocycles. The van der Waals surface area contributed by atoms with Crippen molar-refractivity contribution in [2.45, 2.75) is 6.42 Å². The molecule has 0 spiro atoms. The molecule has 0 atom stereocenters. The van der Waals surface area contributed by atoms with Gasteiger partial charge in [0.1, 0.15) is 11.6 Å².